The van der Waals surface area contributed by atoms with Gasteiger partial charge in [0.05, 0.1) is 25.0 Å². The Labute approximate surface area is 181 Å². The number of nitrogens with two attached hydrogens (primary N) is 1. The van der Waals surface area contributed by atoms with E-state index in [1.54, 1.807) is 26.0 Å². The van der Waals surface area contributed by atoms with Gasteiger partial charge in [0.15, 0.2) is 5.69 Å². The highest BCUT2D eigenvalue weighted by atomic mass is 16.5. The first-order valence-electron chi connectivity index (χ1n) is 9.80. The maximum atomic E-state index is 13.5. The van der Waals surface area contributed by atoms with Gasteiger partial charge in [0, 0.05) is 0 Å². The van der Waals surface area contributed by atoms with Crippen LogP contribution in [0.25, 0.3) is 0 Å². The number of anilines is 2. The molecule has 0 radical (unpaired) electrons. The lowest BCUT2D eigenvalue weighted by molar-refractivity contribution is 0.0981. The lowest BCUT2D eigenvalue weighted by atomic mass is 10.1. The summed E-state index contributed by atoms with van der Waals surface area (Å²) in [5.74, 6) is 0.0169. The van der Waals surface area contributed by atoms with E-state index >= 15 is 0 Å². The highest BCUT2D eigenvalue weighted by Crippen LogP contribution is 2.25. The fourth-order valence-corrected chi connectivity index (χ4v) is 3.50. The number of furan rings is 1. The minimum absolute atomic E-state index is 0.0906. The van der Waals surface area contributed by atoms with Crippen LogP contribution in [0.2, 0.25) is 0 Å². The Bertz CT molecular complexity index is 1350. The van der Waals surface area contributed by atoms with Crippen molar-refractivity contribution in [3.05, 3.63) is 97.9 Å². The molecular weight excluding hydrogens is 414 g/mol. The van der Waals surface area contributed by atoms with Crippen molar-refractivity contribution in [2.45, 2.75) is 26.9 Å². The molecule has 164 valence electrons. The SMILES string of the molecule is Cc1noc(C)c1C(=O)N(Cc1ccco1)c1c(N)n(Cc2ccccc2)c(=O)[nH]c1=O. The Hall–Kier alpha value is -4.34. The standard InChI is InChI=1S/C22H21N5O5/c1-13-17(14(2)32-25-13)21(29)26(12-16-9-6-10-31-16)18-19(23)27(22(30)24-20(18)28)11-15-7-4-3-5-8-15/h3-10H,11-12,23H2,1-2H3,(H,24,28,30). The molecule has 0 saturated heterocycles. The summed E-state index contributed by atoms with van der Waals surface area (Å²) in [6, 6.07) is 12.5. The van der Waals surface area contributed by atoms with Crippen molar-refractivity contribution in [1.29, 1.82) is 0 Å². The average molecular weight is 435 g/mol. The second-order valence-corrected chi connectivity index (χ2v) is 7.23. The maximum absolute atomic E-state index is 13.5. The number of nitrogens with one attached hydrogen (secondary N) is 1. The number of H-pyrrole nitrogens is 1. The third kappa shape index (κ3) is 3.85. The molecule has 32 heavy (non-hydrogen) atoms. The van der Waals surface area contributed by atoms with Gasteiger partial charge >= 0.3 is 5.69 Å². The summed E-state index contributed by atoms with van der Waals surface area (Å²) >= 11 is 0. The van der Waals surface area contributed by atoms with Crippen molar-refractivity contribution < 1.29 is 13.7 Å². The van der Waals surface area contributed by atoms with E-state index in [1.807, 2.05) is 30.3 Å². The molecule has 0 fully saturated rings. The molecule has 0 aliphatic carbocycles. The first kappa shape index (κ1) is 20.9. The number of nitrogens with zero attached hydrogens (tertiary/aromatic N) is 3. The topological polar surface area (TPSA) is 140 Å². The summed E-state index contributed by atoms with van der Waals surface area (Å²) < 4.78 is 11.7. The van der Waals surface area contributed by atoms with Gasteiger partial charge in [-0.25, -0.2) is 4.79 Å². The van der Waals surface area contributed by atoms with E-state index in [9.17, 15) is 14.4 Å². The van der Waals surface area contributed by atoms with Crippen molar-refractivity contribution in [1.82, 2.24) is 14.7 Å². The average Bonchev–Trinajstić information content (AvgIpc) is 3.40. The predicted octanol–water partition coefficient (Wildman–Crippen LogP) is 2.21. The van der Waals surface area contributed by atoms with Gasteiger partial charge in [-0.1, -0.05) is 35.5 Å². The lowest BCUT2D eigenvalue weighted by Crippen LogP contribution is -2.41. The van der Waals surface area contributed by atoms with Crippen LogP contribution in [-0.4, -0.2) is 20.6 Å². The van der Waals surface area contributed by atoms with Crippen LogP contribution < -0.4 is 21.9 Å². The fourth-order valence-electron chi connectivity index (χ4n) is 3.50. The number of carbonyl (C=O) groups excluding carboxylic acids is 1. The molecule has 1 aromatic carbocycles. The Morgan fingerprint density at radius 3 is 2.53 bits per heavy atom. The summed E-state index contributed by atoms with van der Waals surface area (Å²) in [7, 11) is 0. The minimum atomic E-state index is -0.788. The summed E-state index contributed by atoms with van der Waals surface area (Å²) in [6.45, 7) is 3.25. The minimum Gasteiger partial charge on any atom is -0.467 e. The van der Waals surface area contributed by atoms with Crippen LogP contribution in [0.5, 0.6) is 0 Å². The number of nitrogen functional groups attached to an aromatic ring is 1. The molecule has 3 heterocycles. The Kier molecular flexibility index (Phi) is 5.50. The third-order valence-corrected chi connectivity index (χ3v) is 5.05. The van der Waals surface area contributed by atoms with Gasteiger partial charge in [0.1, 0.15) is 22.9 Å². The maximum Gasteiger partial charge on any atom is 0.330 e. The number of aryl methyl sites for hydroxylation is 2. The molecule has 0 aliphatic rings. The van der Waals surface area contributed by atoms with E-state index in [1.165, 1.54) is 15.7 Å². The second-order valence-electron chi connectivity index (χ2n) is 7.23. The predicted molar refractivity (Wildman–Crippen MR) is 116 cm³/mol. The zero-order chi connectivity index (χ0) is 22.8. The van der Waals surface area contributed by atoms with Crippen molar-refractivity contribution in [3.8, 4) is 0 Å². The smallest absolute Gasteiger partial charge is 0.330 e. The molecule has 4 rings (SSSR count). The monoisotopic (exact) mass is 435 g/mol. The first-order chi connectivity index (χ1) is 15.4. The van der Waals surface area contributed by atoms with Crippen LogP contribution in [0.3, 0.4) is 0 Å². The zero-order valence-electron chi connectivity index (χ0n) is 17.5. The summed E-state index contributed by atoms with van der Waals surface area (Å²) in [5, 5.41) is 3.82. The zero-order valence-corrected chi connectivity index (χ0v) is 17.5. The first-order valence-corrected chi connectivity index (χ1v) is 9.80. The van der Waals surface area contributed by atoms with Gasteiger partial charge in [0.25, 0.3) is 11.5 Å². The summed E-state index contributed by atoms with van der Waals surface area (Å²) in [4.78, 5) is 42.4. The van der Waals surface area contributed by atoms with E-state index < -0.39 is 17.2 Å². The van der Waals surface area contributed by atoms with Crippen molar-refractivity contribution >= 4 is 17.4 Å². The number of rotatable bonds is 6. The Morgan fingerprint density at radius 1 is 1.16 bits per heavy atom. The van der Waals surface area contributed by atoms with Gasteiger partial charge in [-0.15, -0.1) is 0 Å². The van der Waals surface area contributed by atoms with Crippen molar-refractivity contribution in [2.24, 2.45) is 0 Å². The fraction of sp³-hybridized carbons (Fsp3) is 0.182. The summed E-state index contributed by atoms with van der Waals surface area (Å²) in [5.41, 5.74) is 6.05. The van der Waals surface area contributed by atoms with Crippen LogP contribution in [-0.2, 0) is 13.1 Å². The van der Waals surface area contributed by atoms with Gasteiger partial charge in [-0.3, -0.25) is 24.0 Å². The molecule has 3 aromatic heterocycles. The van der Waals surface area contributed by atoms with Crippen LogP contribution in [0.1, 0.15) is 33.1 Å². The molecule has 10 heteroatoms. The van der Waals surface area contributed by atoms with Gasteiger partial charge < -0.3 is 14.7 Å². The van der Waals surface area contributed by atoms with E-state index in [-0.39, 0.29) is 30.2 Å². The molecule has 4 aromatic rings. The number of aromatic nitrogens is 3. The van der Waals surface area contributed by atoms with E-state index in [2.05, 4.69) is 10.1 Å². The molecule has 0 atom stereocenters. The molecule has 0 bridgehead atoms. The van der Waals surface area contributed by atoms with Crippen LogP contribution in [0.15, 0.2) is 67.3 Å². The third-order valence-electron chi connectivity index (χ3n) is 5.05. The number of benzene rings is 1. The number of amides is 1. The molecular formula is C22H21N5O5. The van der Waals surface area contributed by atoms with E-state index in [0.717, 1.165) is 5.56 Å². The molecule has 0 spiro atoms. The molecule has 0 aliphatic heterocycles. The lowest BCUT2D eigenvalue weighted by Gasteiger charge is -2.23. The number of hydrogen-bond acceptors (Lipinski definition) is 7. The van der Waals surface area contributed by atoms with Gasteiger partial charge in [-0.05, 0) is 31.5 Å². The second kappa shape index (κ2) is 8.42. The number of carbonyl (C=O) groups is 1. The number of hydrogen-bond donors (Lipinski definition) is 2. The highest BCUT2D eigenvalue weighted by Gasteiger charge is 2.30. The molecule has 3 N–H and O–H groups in total. The van der Waals surface area contributed by atoms with Crippen molar-refractivity contribution in [3.63, 3.8) is 0 Å². The normalized spacial score (nSPS) is 10.9. The molecule has 0 unspecified atom stereocenters. The molecule has 0 saturated carbocycles. The highest BCUT2D eigenvalue weighted by molar-refractivity contribution is 6.08. The Morgan fingerprint density at radius 2 is 1.91 bits per heavy atom. The van der Waals surface area contributed by atoms with Crippen LogP contribution >= 0.6 is 0 Å². The largest absolute Gasteiger partial charge is 0.467 e. The number of aromatic amines is 1. The van der Waals surface area contributed by atoms with Crippen molar-refractivity contribution in [2.75, 3.05) is 10.6 Å². The molecule has 10 nitrogen and oxygen atoms in total. The van der Waals surface area contributed by atoms with Crippen LogP contribution in [0.4, 0.5) is 11.5 Å². The molecule has 1 amide bonds. The van der Waals surface area contributed by atoms with E-state index in [4.69, 9.17) is 14.7 Å². The Balaban J connectivity index is 1.87. The van der Waals surface area contributed by atoms with Crippen LogP contribution in [0, 0.1) is 13.8 Å². The van der Waals surface area contributed by atoms with E-state index in [0.29, 0.717) is 17.2 Å². The quantitative estimate of drug-likeness (QED) is 0.473. The van der Waals surface area contributed by atoms with Gasteiger partial charge in [-0.2, -0.15) is 0 Å². The summed E-state index contributed by atoms with van der Waals surface area (Å²) in [6.07, 6.45) is 1.46. The van der Waals surface area contributed by atoms with Gasteiger partial charge in [0.2, 0.25) is 0 Å².